The number of amides is 2. The monoisotopic (exact) mass is 308 g/mol. The minimum atomic E-state index is -0.143. The van der Waals surface area contributed by atoms with Crippen molar-refractivity contribution < 1.29 is 4.79 Å². The second kappa shape index (κ2) is 6.86. The summed E-state index contributed by atoms with van der Waals surface area (Å²) in [4.78, 5) is 12.3. The molecule has 2 N–H and O–H groups in total. The van der Waals surface area contributed by atoms with Gasteiger partial charge in [0, 0.05) is 5.69 Å². The molecule has 2 aromatic rings. The fourth-order valence-electron chi connectivity index (χ4n) is 3.19. The van der Waals surface area contributed by atoms with Crippen molar-refractivity contribution >= 4 is 11.7 Å². The standard InChI is InChI=1S/C20H24N2O/c1-3-19(16-9-7-14(2)8-10-16)22-20(23)21-18-12-11-15-5-4-6-17(15)13-18/h7-13,19H,3-6H2,1-2H3,(H2,21,22,23)/t19-/m1/s1. The lowest BCUT2D eigenvalue weighted by molar-refractivity contribution is 0.248. The number of benzene rings is 2. The van der Waals surface area contributed by atoms with E-state index in [4.69, 9.17) is 0 Å². The molecule has 23 heavy (non-hydrogen) atoms. The Hall–Kier alpha value is -2.29. The van der Waals surface area contributed by atoms with E-state index in [2.05, 4.69) is 60.9 Å². The van der Waals surface area contributed by atoms with Crippen LogP contribution in [-0.4, -0.2) is 6.03 Å². The molecule has 0 fully saturated rings. The summed E-state index contributed by atoms with van der Waals surface area (Å²) in [5, 5.41) is 6.04. The lowest BCUT2D eigenvalue weighted by Crippen LogP contribution is -2.32. The molecular formula is C20H24N2O. The second-order valence-corrected chi connectivity index (χ2v) is 6.31. The normalized spacial score (nSPS) is 14.2. The van der Waals surface area contributed by atoms with Crippen molar-refractivity contribution in [1.29, 1.82) is 0 Å². The third kappa shape index (κ3) is 3.73. The van der Waals surface area contributed by atoms with E-state index in [1.54, 1.807) is 0 Å². The highest BCUT2D eigenvalue weighted by molar-refractivity contribution is 5.89. The van der Waals surface area contributed by atoms with Crippen LogP contribution < -0.4 is 10.6 Å². The Labute approximate surface area is 138 Å². The topological polar surface area (TPSA) is 41.1 Å². The summed E-state index contributed by atoms with van der Waals surface area (Å²) in [6, 6.07) is 14.5. The quantitative estimate of drug-likeness (QED) is 0.840. The van der Waals surface area contributed by atoms with Crippen molar-refractivity contribution in [1.82, 2.24) is 5.32 Å². The van der Waals surface area contributed by atoms with E-state index in [0.29, 0.717) is 0 Å². The van der Waals surface area contributed by atoms with Gasteiger partial charge in [-0.3, -0.25) is 0 Å². The SMILES string of the molecule is CC[C@@H](NC(=O)Nc1ccc2c(c1)CCC2)c1ccc(C)cc1. The van der Waals surface area contributed by atoms with E-state index in [0.717, 1.165) is 30.5 Å². The van der Waals surface area contributed by atoms with Crippen molar-refractivity contribution in [2.24, 2.45) is 0 Å². The van der Waals surface area contributed by atoms with E-state index in [1.165, 1.54) is 23.1 Å². The maximum absolute atomic E-state index is 12.3. The molecule has 2 aromatic carbocycles. The van der Waals surface area contributed by atoms with Crippen molar-refractivity contribution in [3.63, 3.8) is 0 Å². The number of nitrogens with one attached hydrogen (secondary N) is 2. The van der Waals surface area contributed by atoms with Gasteiger partial charge in [-0.15, -0.1) is 0 Å². The van der Waals surface area contributed by atoms with Gasteiger partial charge in [-0.2, -0.15) is 0 Å². The average molecular weight is 308 g/mol. The number of hydrogen-bond acceptors (Lipinski definition) is 1. The highest BCUT2D eigenvalue weighted by Gasteiger charge is 2.14. The first-order valence-corrected chi connectivity index (χ1v) is 8.41. The van der Waals surface area contributed by atoms with Gasteiger partial charge in [-0.1, -0.05) is 42.8 Å². The van der Waals surface area contributed by atoms with Gasteiger partial charge in [-0.05, 0) is 61.4 Å². The van der Waals surface area contributed by atoms with Gasteiger partial charge < -0.3 is 10.6 Å². The summed E-state index contributed by atoms with van der Waals surface area (Å²) in [7, 11) is 0. The highest BCUT2D eigenvalue weighted by Crippen LogP contribution is 2.25. The molecule has 3 nitrogen and oxygen atoms in total. The minimum Gasteiger partial charge on any atom is -0.331 e. The molecule has 3 rings (SSSR count). The van der Waals surface area contributed by atoms with Crippen LogP contribution in [0.5, 0.6) is 0 Å². The van der Waals surface area contributed by atoms with E-state index in [-0.39, 0.29) is 12.1 Å². The Balaban J connectivity index is 1.64. The van der Waals surface area contributed by atoms with Crippen molar-refractivity contribution in [3.05, 3.63) is 64.7 Å². The minimum absolute atomic E-state index is 0.0324. The van der Waals surface area contributed by atoms with Crippen LogP contribution in [0, 0.1) is 6.92 Å². The number of fused-ring (bicyclic) bond motifs is 1. The molecule has 0 radical (unpaired) electrons. The van der Waals surface area contributed by atoms with Gasteiger partial charge in [-0.25, -0.2) is 4.79 Å². The Bertz CT molecular complexity index is 691. The first-order chi connectivity index (χ1) is 11.2. The molecule has 2 amide bonds. The van der Waals surface area contributed by atoms with Crippen molar-refractivity contribution in [3.8, 4) is 0 Å². The number of hydrogen-bond donors (Lipinski definition) is 2. The molecular weight excluding hydrogens is 284 g/mol. The Morgan fingerprint density at radius 1 is 1.09 bits per heavy atom. The molecule has 1 aliphatic rings. The second-order valence-electron chi connectivity index (χ2n) is 6.31. The van der Waals surface area contributed by atoms with Crippen LogP contribution in [0.25, 0.3) is 0 Å². The number of urea groups is 1. The number of rotatable bonds is 4. The molecule has 3 heteroatoms. The molecule has 1 atom stereocenters. The molecule has 0 aliphatic heterocycles. The van der Waals surface area contributed by atoms with Gasteiger partial charge >= 0.3 is 6.03 Å². The first-order valence-electron chi connectivity index (χ1n) is 8.41. The zero-order chi connectivity index (χ0) is 16.2. The lowest BCUT2D eigenvalue weighted by atomic mass is 10.0. The number of anilines is 1. The van der Waals surface area contributed by atoms with Crippen LogP contribution in [0.15, 0.2) is 42.5 Å². The van der Waals surface area contributed by atoms with Crippen LogP contribution in [0.2, 0.25) is 0 Å². The van der Waals surface area contributed by atoms with Crippen molar-refractivity contribution in [2.45, 2.75) is 45.6 Å². The molecule has 120 valence electrons. The summed E-state index contributed by atoms with van der Waals surface area (Å²) in [5.74, 6) is 0. The van der Waals surface area contributed by atoms with E-state index >= 15 is 0 Å². The van der Waals surface area contributed by atoms with E-state index in [1.807, 2.05) is 6.07 Å². The van der Waals surface area contributed by atoms with Crippen molar-refractivity contribution in [2.75, 3.05) is 5.32 Å². The summed E-state index contributed by atoms with van der Waals surface area (Å²) in [5.41, 5.74) is 6.03. The fraction of sp³-hybridized carbons (Fsp3) is 0.350. The molecule has 0 unspecified atom stereocenters. The van der Waals surface area contributed by atoms with Crippen LogP contribution in [0.4, 0.5) is 10.5 Å². The molecule has 0 bridgehead atoms. The zero-order valence-electron chi connectivity index (χ0n) is 13.9. The number of carbonyl (C=O) groups excluding carboxylic acids is 1. The maximum atomic E-state index is 12.3. The summed E-state index contributed by atoms with van der Waals surface area (Å²) >= 11 is 0. The summed E-state index contributed by atoms with van der Waals surface area (Å²) < 4.78 is 0. The van der Waals surface area contributed by atoms with E-state index < -0.39 is 0 Å². The van der Waals surface area contributed by atoms with Crippen LogP contribution in [0.3, 0.4) is 0 Å². The van der Waals surface area contributed by atoms with Crippen LogP contribution in [-0.2, 0) is 12.8 Å². The van der Waals surface area contributed by atoms with Gasteiger partial charge in [0.1, 0.15) is 0 Å². The largest absolute Gasteiger partial charge is 0.331 e. The molecule has 1 aliphatic carbocycles. The Morgan fingerprint density at radius 3 is 2.57 bits per heavy atom. The lowest BCUT2D eigenvalue weighted by Gasteiger charge is -2.18. The van der Waals surface area contributed by atoms with Gasteiger partial charge in [0.2, 0.25) is 0 Å². The molecule has 0 heterocycles. The van der Waals surface area contributed by atoms with Gasteiger partial charge in [0.25, 0.3) is 0 Å². The third-order valence-corrected chi connectivity index (χ3v) is 4.55. The van der Waals surface area contributed by atoms with Crippen LogP contribution >= 0.6 is 0 Å². The smallest absolute Gasteiger partial charge is 0.319 e. The molecule has 0 saturated heterocycles. The average Bonchev–Trinajstić information content (AvgIpc) is 3.01. The van der Waals surface area contributed by atoms with Gasteiger partial charge in [0.15, 0.2) is 0 Å². The zero-order valence-corrected chi connectivity index (χ0v) is 13.9. The fourth-order valence-corrected chi connectivity index (χ4v) is 3.19. The first kappa shape index (κ1) is 15.6. The summed E-state index contributed by atoms with van der Waals surface area (Å²) in [6.07, 6.45) is 4.36. The summed E-state index contributed by atoms with van der Waals surface area (Å²) in [6.45, 7) is 4.15. The molecule has 0 aromatic heterocycles. The predicted octanol–water partition coefficient (Wildman–Crippen LogP) is 4.76. The highest BCUT2D eigenvalue weighted by atomic mass is 16.2. The number of aryl methyl sites for hydroxylation is 3. The van der Waals surface area contributed by atoms with Crippen LogP contribution in [0.1, 0.15) is 48.1 Å². The molecule has 0 saturated carbocycles. The maximum Gasteiger partial charge on any atom is 0.319 e. The van der Waals surface area contributed by atoms with E-state index in [9.17, 15) is 4.79 Å². The van der Waals surface area contributed by atoms with Gasteiger partial charge in [0.05, 0.1) is 6.04 Å². The third-order valence-electron chi connectivity index (χ3n) is 4.55. The Kier molecular flexibility index (Phi) is 4.65. The molecule has 0 spiro atoms. The number of carbonyl (C=O) groups is 1. The Morgan fingerprint density at radius 2 is 1.83 bits per heavy atom. The predicted molar refractivity (Wildman–Crippen MR) is 94.8 cm³/mol.